The first-order valence-electron chi connectivity index (χ1n) is 6.31. The molecule has 1 aliphatic rings. The van der Waals surface area contributed by atoms with Crippen LogP contribution in [0.2, 0.25) is 0 Å². The van der Waals surface area contributed by atoms with Crippen LogP contribution in [-0.2, 0) is 6.42 Å². The number of nitrogens with two attached hydrogens (primary N) is 1. The Morgan fingerprint density at radius 3 is 3.06 bits per heavy atom. The average molecular weight is 218 g/mol. The molecule has 1 fully saturated rings. The Kier molecular flexibility index (Phi) is 3.97. The Balaban J connectivity index is 2.08. The zero-order chi connectivity index (χ0) is 11.4. The van der Waals surface area contributed by atoms with Crippen molar-refractivity contribution >= 4 is 0 Å². The van der Waals surface area contributed by atoms with Gasteiger partial charge in [-0.3, -0.25) is 0 Å². The van der Waals surface area contributed by atoms with E-state index in [-0.39, 0.29) is 6.04 Å². The van der Waals surface area contributed by atoms with E-state index in [9.17, 15) is 0 Å². The molecule has 2 rings (SSSR count). The lowest BCUT2D eigenvalue weighted by molar-refractivity contribution is 0.461. The van der Waals surface area contributed by atoms with Crippen LogP contribution in [0, 0.1) is 0 Å². The van der Waals surface area contributed by atoms with Gasteiger partial charge in [-0.25, -0.2) is 0 Å². The summed E-state index contributed by atoms with van der Waals surface area (Å²) in [5, 5.41) is 3.47. The summed E-state index contributed by atoms with van der Waals surface area (Å²) in [5.74, 6) is 0.696. The smallest absolute Gasteiger partial charge is 0.00509 e. The summed E-state index contributed by atoms with van der Waals surface area (Å²) in [7, 11) is 0. The molecule has 0 bridgehead atoms. The highest BCUT2D eigenvalue weighted by molar-refractivity contribution is 5.27. The second-order valence-electron chi connectivity index (χ2n) is 4.97. The Morgan fingerprint density at radius 1 is 1.50 bits per heavy atom. The fraction of sp³-hybridized carbons (Fsp3) is 0.571. The molecule has 2 heteroatoms. The van der Waals surface area contributed by atoms with Crippen LogP contribution in [-0.4, -0.2) is 19.1 Å². The molecule has 88 valence electrons. The molecule has 2 nitrogen and oxygen atoms in total. The zero-order valence-electron chi connectivity index (χ0n) is 10.1. The van der Waals surface area contributed by atoms with Gasteiger partial charge < -0.3 is 11.1 Å². The van der Waals surface area contributed by atoms with Crippen molar-refractivity contribution < 1.29 is 0 Å². The summed E-state index contributed by atoms with van der Waals surface area (Å²) in [5.41, 5.74) is 8.69. The van der Waals surface area contributed by atoms with E-state index >= 15 is 0 Å². The lowest BCUT2D eigenvalue weighted by atomic mass is 9.90. The van der Waals surface area contributed by atoms with E-state index in [1.807, 2.05) is 0 Å². The van der Waals surface area contributed by atoms with Crippen LogP contribution >= 0.6 is 0 Å². The maximum atomic E-state index is 5.84. The monoisotopic (exact) mass is 218 g/mol. The first-order chi connectivity index (χ1) is 7.75. The summed E-state index contributed by atoms with van der Waals surface area (Å²) in [6.45, 7) is 4.37. The van der Waals surface area contributed by atoms with E-state index in [1.165, 1.54) is 30.5 Å². The topological polar surface area (TPSA) is 38.0 Å². The van der Waals surface area contributed by atoms with E-state index in [1.54, 1.807) is 0 Å². The summed E-state index contributed by atoms with van der Waals surface area (Å²) >= 11 is 0. The predicted octanol–water partition coefficient (Wildman–Crippen LogP) is 2.04. The molecular weight excluding hydrogens is 196 g/mol. The van der Waals surface area contributed by atoms with E-state index in [0.29, 0.717) is 5.92 Å². The largest absolute Gasteiger partial charge is 0.328 e. The molecule has 1 aromatic rings. The van der Waals surface area contributed by atoms with Gasteiger partial charge in [0.1, 0.15) is 0 Å². The molecule has 0 aliphatic carbocycles. The van der Waals surface area contributed by atoms with Crippen LogP contribution in [0.25, 0.3) is 0 Å². The first-order valence-corrected chi connectivity index (χ1v) is 6.31. The third kappa shape index (κ3) is 3.06. The minimum Gasteiger partial charge on any atom is -0.328 e. The van der Waals surface area contributed by atoms with Crippen molar-refractivity contribution in [2.75, 3.05) is 13.1 Å². The number of rotatable bonds is 3. The van der Waals surface area contributed by atoms with Crippen molar-refractivity contribution in [1.82, 2.24) is 5.32 Å². The van der Waals surface area contributed by atoms with Gasteiger partial charge >= 0.3 is 0 Å². The first kappa shape index (κ1) is 11.6. The molecule has 16 heavy (non-hydrogen) atoms. The maximum absolute atomic E-state index is 5.84. The van der Waals surface area contributed by atoms with Crippen molar-refractivity contribution in [1.29, 1.82) is 0 Å². The molecule has 0 amide bonds. The van der Waals surface area contributed by atoms with Crippen molar-refractivity contribution in [2.45, 2.75) is 38.1 Å². The maximum Gasteiger partial charge on any atom is 0.00509 e. The van der Waals surface area contributed by atoms with E-state index in [0.717, 1.165) is 13.0 Å². The summed E-state index contributed by atoms with van der Waals surface area (Å²) < 4.78 is 0. The molecule has 1 saturated heterocycles. The van der Waals surface area contributed by atoms with Gasteiger partial charge in [0.2, 0.25) is 0 Å². The van der Waals surface area contributed by atoms with E-state index in [4.69, 9.17) is 5.73 Å². The number of hydrogen-bond acceptors (Lipinski definition) is 2. The third-order valence-electron chi connectivity index (χ3n) is 3.28. The van der Waals surface area contributed by atoms with Crippen molar-refractivity contribution in [3.8, 4) is 0 Å². The fourth-order valence-electron chi connectivity index (χ4n) is 2.48. The van der Waals surface area contributed by atoms with Crippen molar-refractivity contribution in [3.05, 3.63) is 35.4 Å². The van der Waals surface area contributed by atoms with Gasteiger partial charge in [0.05, 0.1) is 0 Å². The van der Waals surface area contributed by atoms with Crippen LogP contribution in [0.15, 0.2) is 24.3 Å². The molecule has 0 aromatic heterocycles. The number of nitrogens with one attached hydrogen (secondary N) is 1. The molecular formula is C14H22N2. The van der Waals surface area contributed by atoms with Crippen molar-refractivity contribution in [2.24, 2.45) is 5.73 Å². The van der Waals surface area contributed by atoms with Gasteiger partial charge in [-0.1, -0.05) is 24.3 Å². The Hall–Kier alpha value is -0.860. The quantitative estimate of drug-likeness (QED) is 0.815. The molecule has 1 heterocycles. The minimum absolute atomic E-state index is 0.250. The third-order valence-corrected chi connectivity index (χ3v) is 3.28. The van der Waals surface area contributed by atoms with Crippen LogP contribution < -0.4 is 11.1 Å². The van der Waals surface area contributed by atoms with Crippen molar-refractivity contribution in [3.63, 3.8) is 0 Å². The van der Waals surface area contributed by atoms with Crippen LogP contribution in [0.3, 0.4) is 0 Å². The van der Waals surface area contributed by atoms with Gasteiger partial charge in [0.15, 0.2) is 0 Å². The second kappa shape index (κ2) is 5.46. The van der Waals surface area contributed by atoms with E-state index < -0.39 is 0 Å². The van der Waals surface area contributed by atoms with E-state index in [2.05, 4.69) is 36.5 Å². The highest BCUT2D eigenvalue weighted by atomic mass is 14.9. The molecule has 2 unspecified atom stereocenters. The average Bonchev–Trinajstić information content (AvgIpc) is 2.30. The van der Waals surface area contributed by atoms with Gasteiger partial charge in [0.25, 0.3) is 0 Å². The summed E-state index contributed by atoms with van der Waals surface area (Å²) in [6.07, 6.45) is 3.59. The predicted molar refractivity (Wildman–Crippen MR) is 68.6 cm³/mol. The Morgan fingerprint density at radius 2 is 2.38 bits per heavy atom. The highest BCUT2D eigenvalue weighted by Crippen LogP contribution is 2.24. The molecule has 1 aromatic carbocycles. The molecule has 0 radical (unpaired) electrons. The number of benzene rings is 1. The second-order valence-corrected chi connectivity index (χ2v) is 4.97. The Labute approximate surface area is 98.2 Å². The lowest BCUT2D eigenvalue weighted by Crippen LogP contribution is -2.28. The van der Waals surface area contributed by atoms with Crippen LogP contribution in [0.1, 0.15) is 36.8 Å². The summed E-state index contributed by atoms with van der Waals surface area (Å²) in [6, 6.07) is 9.19. The minimum atomic E-state index is 0.250. The molecule has 0 spiro atoms. The number of piperidine rings is 1. The zero-order valence-corrected chi connectivity index (χ0v) is 10.1. The van der Waals surface area contributed by atoms with Crippen LogP contribution in [0.5, 0.6) is 0 Å². The van der Waals surface area contributed by atoms with Gasteiger partial charge in [-0.05, 0) is 49.8 Å². The van der Waals surface area contributed by atoms with Crippen LogP contribution in [0.4, 0.5) is 0 Å². The molecule has 1 aliphatic heterocycles. The molecule has 2 atom stereocenters. The Bertz CT molecular complexity index is 327. The van der Waals surface area contributed by atoms with Gasteiger partial charge in [-0.15, -0.1) is 0 Å². The SMILES string of the molecule is CC(N)Cc1cccc(C2CCCNC2)c1. The lowest BCUT2D eigenvalue weighted by Gasteiger charge is -2.23. The van der Waals surface area contributed by atoms with Gasteiger partial charge in [-0.2, -0.15) is 0 Å². The highest BCUT2D eigenvalue weighted by Gasteiger charge is 2.15. The summed E-state index contributed by atoms with van der Waals surface area (Å²) in [4.78, 5) is 0. The molecule has 3 N–H and O–H groups in total. The normalized spacial score (nSPS) is 23.0. The number of hydrogen-bond donors (Lipinski definition) is 2. The van der Waals surface area contributed by atoms with Gasteiger partial charge in [0, 0.05) is 12.6 Å². The fourth-order valence-corrected chi connectivity index (χ4v) is 2.48. The molecule has 0 saturated carbocycles. The standard InChI is InChI=1S/C14H22N2/c1-11(15)8-12-4-2-5-13(9-12)14-6-3-7-16-10-14/h2,4-5,9,11,14,16H,3,6-8,10,15H2,1H3.